The quantitative estimate of drug-likeness (QED) is 0.785. The van der Waals surface area contributed by atoms with Crippen LogP contribution in [0, 0.1) is 6.92 Å². The SMILES string of the molecule is CCOC1CCN(C(=O)[C@H]2CCCN2S(=O)(=O)c2ccc(C)cc2)CC1. The van der Waals surface area contributed by atoms with E-state index in [1.807, 2.05) is 18.7 Å². The summed E-state index contributed by atoms with van der Waals surface area (Å²) >= 11 is 0. The zero-order valence-corrected chi connectivity index (χ0v) is 16.4. The van der Waals surface area contributed by atoms with Gasteiger partial charge in [-0.25, -0.2) is 8.42 Å². The zero-order chi connectivity index (χ0) is 18.7. The third-order valence-electron chi connectivity index (χ3n) is 5.27. The van der Waals surface area contributed by atoms with Crippen LogP contribution in [-0.4, -0.2) is 61.9 Å². The second kappa shape index (κ2) is 8.06. The predicted octanol–water partition coefficient (Wildman–Crippen LogP) is 2.18. The summed E-state index contributed by atoms with van der Waals surface area (Å²) < 4.78 is 33.1. The van der Waals surface area contributed by atoms with E-state index in [1.165, 1.54) is 4.31 Å². The monoisotopic (exact) mass is 380 g/mol. The van der Waals surface area contributed by atoms with E-state index in [-0.39, 0.29) is 16.9 Å². The van der Waals surface area contributed by atoms with Gasteiger partial charge in [0.25, 0.3) is 0 Å². The summed E-state index contributed by atoms with van der Waals surface area (Å²) in [6.07, 6.45) is 3.15. The number of carbonyl (C=O) groups is 1. The summed E-state index contributed by atoms with van der Waals surface area (Å²) in [5, 5.41) is 0. The minimum Gasteiger partial charge on any atom is -0.378 e. The van der Waals surface area contributed by atoms with E-state index in [4.69, 9.17) is 4.74 Å². The first-order valence-electron chi connectivity index (χ1n) is 9.42. The Hall–Kier alpha value is -1.44. The van der Waals surface area contributed by atoms with E-state index >= 15 is 0 Å². The van der Waals surface area contributed by atoms with Crippen LogP contribution in [0.25, 0.3) is 0 Å². The first-order chi connectivity index (χ1) is 12.4. The standard InChI is InChI=1S/C19H28N2O4S/c1-3-25-16-10-13-20(14-11-16)19(22)18-5-4-12-21(18)26(23,24)17-8-6-15(2)7-9-17/h6-9,16,18H,3-5,10-14H2,1-2H3/t18-/m1/s1. The highest BCUT2D eigenvalue weighted by Crippen LogP contribution is 2.28. The number of benzene rings is 1. The van der Waals surface area contributed by atoms with Gasteiger partial charge in [-0.05, 0) is 51.7 Å². The van der Waals surface area contributed by atoms with Crippen molar-refractivity contribution in [2.75, 3.05) is 26.2 Å². The summed E-state index contributed by atoms with van der Waals surface area (Å²) in [4.78, 5) is 15.1. The number of hydrogen-bond acceptors (Lipinski definition) is 4. The van der Waals surface area contributed by atoms with E-state index in [2.05, 4.69) is 0 Å². The zero-order valence-electron chi connectivity index (χ0n) is 15.6. The number of piperidine rings is 1. The normalized spacial score (nSPS) is 22.7. The Bertz CT molecular complexity index is 724. The van der Waals surface area contributed by atoms with Crippen LogP contribution < -0.4 is 0 Å². The van der Waals surface area contributed by atoms with Gasteiger partial charge in [0.2, 0.25) is 15.9 Å². The summed E-state index contributed by atoms with van der Waals surface area (Å²) in [6.45, 7) is 6.26. The number of nitrogens with zero attached hydrogens (tertiary/aromatic N) is 2. The van der Waals surface area contributed by atoms with Crippen LogP contribution in [0.1, 0.15) is 38.2 Å². The number of amides is 1. The molecule has 1 atom stereocenters. The molecule has 2 saturated heterocycles. The van der Waals surface area contributed by atoms with Gasteiger partial charge < -0.3 is 9.64 Å². The molecule has 0 saturated carbocycles. The fourth-order valence-electron chi connectivity index (χ4n) is 3.81. The maximum absolute atomic E-state index is 13.0. The predicted molar refractivity (Wildman–Crippen MR) is 99.3 cm³/mol. The van der Waals surface area contributed by atoms with Crippen LogP contribution >= 0.6 is 0 Å². The Balaban J connectivity index is 1.72. The Morgan fingerprint density at radius 1 is 1.12 bits per heavy atom. The molecular formula is C19H28N2O4S. The highest BCUT2D eigenvalue weighted by atomic mass is 32.2. The molecule has 0 radical (unpaired) electrons. The molecule has 26 heavy (non-hydrogen) atoms. The van der Waals surface area contributed by atoms with Gasteiger partial charge in [0.1, 0.15) is 6.04 Å². The molecule has 2 aliphatic rings. The average molecular weight is 381 g/mol. The Kier molecular flexibility index (Phi) is 5.99. The summed E-state index contributed by atoms with van der Waals surface area (Å²) in [5.74, 6) is -0.0619. The molecule has 144 valence electrons. The van der Waals surface area contributed by atoms with E-state index in [1.54, 1.807) is 24.3 Å². The van der Waals surface area contributed by atoms with Gasteiger partial charge in [0.05, 0.1) is 11.0 Å². The lowest BCUT2D eigenvalue weighted by atomic mass is 10.1. The number of carbonyl (C=O) groups excluding carboxylic acids is 1. The minimum atomic E-state index is -3.65. The highest BCUT2D eigenvalue weighted by molar-refractivity contribution is 7.89. The number of aryl methyl sites for hydroxylation is 1. The van der Waals surface area contributed by atoms with Crippen molar-refractivity contribution in [3.63, 3.8) is 0 Å². The van der Waals surface area contributed by atoms with E-state index < -0.39 is 16.1 Å². The van der Waals surface area contributed by atoms with Crippen molar-refractivity contribution in [2.24, 2.45) is 0 Å². The fraction of sp³-hybridized carbons (Fsp3) is 0.632. The molecule has 1 aromatic carbocycles. The van der Waals surface area contributed by atoms with Crippen molar-refractivity contribution in [1.29, 1.82) is 0 Å². The van der Waals surface area contributed by atoms with Crippen LogP contribution in [0.2, 0.25) is 0 Å². The molecule has 1 aromatic rings. The van der Waals surface area contributed by atoms with Crippen molar-refractivity contribution in [3.05, 3.63) is 29.8 Å². The number of likely N-dealkylation sites (tertiary alicyclic amines) is 1. The van der Waals surface area contributed by atoms with Crippen molar-refractivity contribution < 1.29 is 17.9 Å². The lowest BCUT2D eigenvalue weighted by Gasteiger charge is -2.35. The summed E-state index contributed by atoms with van der Waals surface area (Å²) in [5.41, 5.74) is 1.01. The third kappa shape index (κ3) is 3.94. The van der Waals surface area contributed by atoms with Gasteiger partial charge in [-0.2, -0.15) is 4.31 Å². The maximum atomic E-state index is 13.0. The van der Waals surface area contributed by atoms with Gasteiger partial charge in [-0.1, -0.05) is 17.7 Å². The fourth-order valence-corrected chi connectivity index (χ4v) is 5.46. The maximum Gasteiger partial charge on any atom is 0.243 e. The molecule has 2 aliphatic heterocycles. The van der Waals surface area contributed by atoms with E-state index in [9.17, 15) is 13.2 Å². The molecule has 0 unspecified atom stereocenters. The van der Waals surface area contributed by atoms with Crippen LogP contribution in [0.5, 0.6) is 0 Å². The van der Waals surface area contributed by atoms with Gasteiger partial charge in [0.15, 0.2) is 0 Å². The second-order valence-corrected chi connectivity index (χ2v) is 8.96. The lowest BCUT2D eigenvalue weighted by Crippen LogP contribution is -2.50. The number of hydrogen-bond donors (Lipinski definition) is 0. The van der Waals surface area contributed by atoms with Crippen LogP contribution in [0.4, 0.5) is 0 Å². The van der Waals surface area contributed by atoms with Crippen molar-refractivity contribution in [1.82, 2.24) is 9.21 Å². The first-order valence-corrected chi connectivity index (χ1v) is 10.9. The molecule has 0 spiro atoms. The molecule has 7 heteroatoms. The molecule has 0 bridgehead atoms. The molecule has 2 fully saturated rings. The summed E-state index contributed by atoms with van der Waals surface area (Å²) in [7, 11) is -3.65. The molecule has 6 nitrogen and oxygen atoms in total. The Labute approximate surface area is 156 Å². The molecular weight excluding hydrogens is 352 g/mol. The van der Waals surface area contributed by atoms with Crippen LogP contribution in [0.3, 0.4) is 0 Å². The molecule has 0 aliphatic carbocycles. The van der Waals surface area contributed by atoms with Gasteiger partial charge >= 0.3 is 0 Å². The van der Waals surface area contributed by atoms with Crippen molar-refractivity contribution in [2.45, 2.75) is 56.6 Å². The van der Waals surface area contributed by atoms with Crippen molar-refractivity contribution >= 4 is 15.9 Å². The first kappa shape index (κ1) is 19.3. The van der Waals surface area contributed by atoms with E-state index in [0.717, 1.165) is 24.8 Å². The number of rotatable bonds is 5. The molecule has 2 heterocycles. The van der Waals surface area contributed by atoms with Gasteiger partial charge in [0, 0.05) is 26.2 Å². The summed E-state index contributed by atoms with van der Waals surface area (Å²) in [6, 6.07) is 6.25. The largest absolute Gasteiger partial charge is 0.378 e. The van der Waals surface area contributed by atoms with Gasteiger partial charge in [-0.3, -0.25) is 4.79 Å². The topological polar surface area (TPSA) is 66.9 Å². The lowest BCUT2D eigenvalue weighted by molar-refractivity contribution is -0.137. The molecule has 1 amide bonds. The minimum absolute atomic E-state index is 0.0619. The van der Waals surface area contributed by atoms with Gasteiger partial charge in [-0.15, -0.1) is 0 Å². The Morgan fingerprint density at radius 2 is 1.77 bits per heavy atom. The second-order valence-electron chi connectivity index (χ2n) is 7.07. The highest BCUT2D eigenvalue weighted by Gasteiger charge is 2.41. The third-order valence-corrected chi connectivity index (χ3v) is 7.19. The van der Waals surface area contributed by atoms with Crippen LogP contribution in [-0.2, 0) is 19.6 Å². The van der Waals surface area contributed by atoms with E-state index in [0.29, 0.717) is 32.7 Å². The molecule has 0 N–H and O–H groups in total. The average Bonchev–Trinajstić information content (AvgIpc) is 3.13. The Morgan fingerprint density at radius 3 is 2.38 bits per heavy atom. The number of sulfonamides is 1. The number of ether oxygens (including phenoxy) is 1. The smallest absolute Gasteiger partial charge is 0.243 e. The van der Waals surface area contributed by atoms with Crippen molar-refractivity contribution in [3.8, 4) is 0 Å². The van der Waals surface area contributed by atoms with Crippen LogP contribution in [0.15, 0.2) is 29.2 Å². The molecule has 3 rings (SSSR count). The molecule has 0 aromatic heterocycles.